The van der Waals surface area contributed by atoms with Crippen molar-refractivity contribution in [2.75, 3.05) is 13.2 Å². The summed E-state index contributed by atoms with van der Waals surface area (Å²) < 4.78 is 18.6. The van der Waals surface area contributed by atoms with Gasteiger partial charge in [-0.1, -0.05) is 18.6 Å². The Morgan fingerprint density at radius 2 is 2.04 bits per heavy atom. The average Bonchev–Trinajstić information content (AvgIpc) is 3.08. The summed E-state index contributed by atoms with van der Waals surface area (Å²) >= 11 is 0. The van der Waals surface area contributed by atoms with Gasteiger partial charge < -0.3 is 10.1 Å². The molecule has 0 bridgehead atoms. The minimum atomic E-state index is -1.35. The van der Waals surface area contributed by atoms with Crippen molar-refractivity contribution in [2.45, 2.75) is 43.6 Å². The molecule has 1 heterocycles. The first-order chi connectivity index (χ1) is 12.1. The molecule has 1 aromatic carbocycles. The molecule has 0 radical (unpaired) electrons. The van der Waals surface area contributed by atoms with Gasteiger partial charge in [0.1, 0.15) is 5.82 Å². The van der Waals surface area contributed by atoms with E-state index in [4.69, 9.17) is 4.74 Å². The summed E-state index contributed by atoms with van der Waals surface area (Å²) in [6.45, 7) is 0.989. The van der Waals surface area contributed by atoms with Gasteiger partial charge >= 0.3 is 0 Å². The van der Waals surface area contributed by atoms with Crippen molar-refractivity contribution in [1.82, 2.24) is 5.32 Å². The lowest BCUT2D eigenvalue weighted by Gasteiger charge is -2.41. The van der Waals surface area contributed by atoms with E-state index in [2.05, 4.69) is 5.32 Å². The number of nitriles is 1. The van der Waals surface area contributed by atoms with Gasteiger partial charge in [-0.15, -0.1) is 0 Å². The number of nitrogens with zero attached hydrogens (tertiary/aromatic N) is 1. The second-order valence-electron chi connectivity index (χ2n) is 6.75. The minimum absolute atomic E-state index is 0.0480. The number of carbonyl (C=O) groups is 2. The molecule has 6 heteroatoms. The summed E-state index contributed by atoms with van der Waals surface area (Å²) in [5.41, 5.74) is -0.174. The number of halogens is 1. The van der Waals surface area contributed by atoms with Gasteiger partial charge in [-0.25, -0.2) is 4.39 Å². The predicted octanol–water partition coefficient (Wildman–Crippen LogP) is 2.25. The first-order valence-corrected chi connectivity index (χ1v) is 8.66. The zero-order chi connectivity index (χ0) is 17.9. The monoisotopic (exact) mass is 344 g/mol. The van der Waals surface area contributed by atoms with Crippen LogP contribution in [0.25, 0.3) is 0 Å². The van der Waals surface area contributed by atoms with Crippen LogP contribution < -0.4 is 5.32 Å². The maximum Gasteiger partial charge on any atom is 0.245 e. The molecule has 1 aliphatic carbocycles. The van der Waals surface area contributed by atoms with Crippen LogP contribution in [0.15, 0.2) is 24.3 Å². The lowest BCUT2D eigenvalue weighted by Crippen LogP contribution is -2.50. The highest BCUT2D eigenvalue weighted by Crippen LogP contribution is 2.46. The van der Waals surface area contributed by atoms with Gasteiger partial charge in [0.05, 0.1) is 17.6 Å². The lowest BCUT2D eigenvalue weighted by atomic mass is 9.59. The van der Waals surface area contributed by atoms with Crippen LogP contribution in [0.4, 0.5) is 4.39 Å². The molecule has 132 valence electrons. The second-order valence-corrected chi connectivity index (χ2v) is 6.75. The normalized spacial score (nSPS) is 22.5. The van der Waals surface area contributed by atoms with E-state index >= 15 is 0 Å². The molecule has 2 fully saturated rings. The van der Waals surface area contributed by atoms with Crippen molar-refractivity contribution < 1.29 is 18.7 Å². The second kappa shape index (κ2) is 7.32. The summed E-state index contributed by atoms with van der Waals surface area (Å²) in [5, 5.41) is 12.1. The van der Waals surface area contributed by atoms with Gasteiger partial charge in [0.25, 0.3) is 0 Å². The van der Waals surface area contributed by atoms with E-state index < -0.39 is 23.0 Å². The van der Waals surface area contributed by atoms with E-state index in [9.17, 15) is 19.2 Å². The quantitative estimate of drug-likeness (QED) is 0.803. The minimum Gasteiger partial charge on any atom is -0.376 e. The highest BCUT2D eigenvalue weighted by Gasteiger charge is 2.49. The van der Waals surface area contributed by atoms with Gasteiger partial charge in [-0.2, -0.15) is 5.26 Å². The van der Waals surface area contributed by atoms with E-state index in [1.165, 1.54) is 12.1 Å². The smallest absolute Gasteiger partial charge is 0.245 e. The first-order valence-electron chi connectivity index (χ1n) is 8.66. The van der Waals surface area contributed by atoms with Gasteiger partial charge in [-0.3, -0.25) is 9.59 Å². The van der Waals surface area contributed by atoms with Crippen LogP contribution in [-0.4, -0.2) is 30.9 Å². The van der Waals surface area contributed by atoms with Crippen molar-refractivity contribution >= 4 is 11.7 Å². The zero-order valence-electron chi connectivity index (χ0n) is 14.0. The number of carbonyl (C=O) groups excluding carboxylic acids is 2. The number of amides is 1. The van der Waals surface area contributed by atoms with E-state index in [1.807, 2.05) is 6.07 Å². The number of nitrogens with one attached hydrogen (secondary N) is 1. The van der Waals surface area contributed by atoms with Gasteiger partial charge in [0.2, 0.25) is 5.91 Å². The van der Waals surface area contributed by atoms with Crippen LogP contribution in [0.1, 0.15) is 37.7 Å². The van der Waals surface area contributed by atoms with Crippen LogP contribution in [-0.2, 0) is 19.7 Å². The van der Waals surface area contributed by atoms with Crippen LogP contribution >= 0.6 is 0 Å². The molecule has 2 aliphatic rings. The van der Waals surface area contributed by atoms with E-state index in [0.717, 1.165) is 19.3 Å². The number of benzene rings is 1. The van der Waals surface area contributed by atoms with Crippen molar-refractivity contribution in [1.29, 1.82) is 5.26 Å². The molecule has 1 amide bonds. The van der Waals surface area contributed by atoms with Gasteiger partial charge in [-0.05, 0) is 43.4 Å². The van der Waals surface area contributed by atoms with E-state index in [1.54, 1.807) is 12.1 Å². The topological polar surface area (TPSA) is 79.2 Å². The molecule has 0 unspecified atom stereocenters. The highest BCUT2D eigenvalue weighted by molar-refractivity contribution is 6.09. The number of Topliss-reactive ketones (excluding diaryl/α,β-unsaturated/α-hetero) is 1. The number of ketones is 1. The summed E-state index contributed by atoms with van der Waals surface area (Å²) in [6, 6.07) is 7.62. The Balaban J connectivity index is 1.72. The Morgan fingerprint density at radius 3 is 2.56 bits per heavy atom. The molecule has 3 rings (SSSR count). The summed E-state index contributed by atoms with van der Waals surface area (Å²) in [7, 11) is 0. The van der Waals surface area contributed by atoms with Crippen LogP contribution in [0, 0.1) is 23.1 Å². The number of hydrogen-bond acceptors (Lipinski definition) is 4. The zero-order valence-corrected chi connectivity index (χ0v) is 14.0. The molecule has 2 atom stereocenters. The van der Waals surface area contributed by atoms with Crippen molar-refractivity contribution in [3.05, 3.63) is 35.6 Å². The molecule has 1 N–H and O–H groups in total. The molecule has 5 nitrogen and oxygen atoms in total. The third-order valence-corrected chi connectivity index (χ3v) is 5.26. The first kappa shape index (κ1) is 17.6. The van der Waals surface area contributed by atoms with Crippen LogP contribution in [0.5, 0.6) is 0 Å². The Labute approximate surface area is 146 Å². The maximum absolute atomic E-state index is 13.2. The predicted molar refractivity (Wildman–Crippen MR) is 88.0 cm³/mol. The van der Waals surface area contributed by atoms with E-state index in [0.29, 0.717) is 31.6 Å². The van der Waals surface area contributed by atoms with Crippen molar-refractivity contribution in [3.63, 3.8) is 0 Å². The van der Waals surface area contributed by atoms with E-state index in [-0.39, 0.29) is 11.9 Å². The Kier molecular flexibility index (Phi) is 5.14. The SMILES string of the molecule is N#C[C@@H](C(=O)NC[C@H]1CCCO1)C(=O)C1(c2ccc(F)cc2)CCC1. The molecule has 0 aromatic heterocycles. The lowest BCUT2D eigenvalue weighted by molar-refractivity contribution is -0.137. The molecule has 1 aliphatic heterocycles. The molecule has 1 aromatic rings. The fourth-order valence-corrected chi connectivity index (χ4v) is 3.61. The molecule has 1 saturated heterocycles. The molecular formula is C19H21FN2O3. The van der Waals surface area contributed by atoms with Gasteiger partial charge in [0, 0.05) is 13.2 Å². The average molecular weight is 344 g/mol. The standard InChI is InChI=1S/C19H21FN2O3/c20-14-6-4-13(5-7-14)19(8-2-9-19)17(23)16(11-21)18(24)22-12-15-3-1-10-25-15/h4-7,15-16H,1-3,8-10,12H2,(H,22,24)/t15-,16-/m1/s1. The third-order valence-electron chi connectivity index (χ3n) is 5.26. The Morgan fingerprint density at radius 1 is 1.32 bits per heavy atom. The summed E-state index contributed by atoms with van der Waals surface area (Å²) in [5.74, 6) is -2.70. The Hall–Kier alpha value is -2.26. The molecule has 0 spiro atoms. The van der Waals surface area contributed by atoms with Crippen molar-refractivity contribution in [3.8, 4) is 6.07 Å². The van der Waals surface area contributed by atoms with Crippen molar-refractivity contribution in [2.24, 2.45) is 5.92 Å². The van der Waals surface area contributed by atoms with Gasteiger partial charge in [0.15, 0.2) is 11.7 Å². The van der Waals surface area contributed by atoms with Crippen LogP contribution in [0.3, 0.4) is 0 Å². The highest BCUT2D eigenvalue weighted by atomic mass is 19.1. The number of ether oxygens (including phenoxy) is 1. The summed E-state index contributed by atoms with van der Waals surface area (Å²) in [6.07, 6.45) is 3.77. The molecular weight excluding hydrogens is 323 g/mol. The third kappa shape index (κ3) is 3.42. The molecule has 25 heavy (non-hydrogen) atoms. The molecule has 1 saturated carbocycles. The Bertz CT molecular complexity index is 686. The fourth-order valence-electron chi connectivity index (χ4n) is 3.61. The largest absolute Gasteiger partial charge is 0.376 e. The summed E-state index contributed by atoms with van der Waals surface area (Å²) in [4.78, 5) is 25.4. The number of rotatable bonds is 6. The maximum atomic E-state index is 13.2. The fraction of sp³-hybridized carbons (Fsp3) is 0.526. The van der Waals surface area contributed by atoms with Crippen LogP contribution in [0.2, 0.25) is 0 Å². The number of hydrogen-bond donors (Lipinski definition) is 1.